The van der Waals surface area contributed by atoms with Crippen molar-refractivity contribution in [3.63, 3.8) is 0 Å². The van der Waals surface area contributed by atoms with Crippen molar-refractivity contribution in [2.24, 2.45) is 5.92 Å². The van der Waals surface area contributed by atoms with Crippen LogP contribution >= 0.6 is 11.6 Å². The van der Waals surface area contributed by atoms with Crippen LogP contribution in [0.4, 0.5) is 0 Å². The molecule has 3 aromatic carbocycles. The maximum Gasteiger partial charge on any atom is 0.252 e. The van der Waals surface area contributed by atoms with Crippen LogP contribution in [-0.4, -0.2) is 12.5 Å². The van der Waals surface area contributed by atoms with Gasteiger partial charge in [-0.2, -0.15) is 0 Å². The molecule has 0 heterocycles. The van der Waals surface area contributed by atoms with Gasteiger partial charge in [0.15, 0.2) is 0 Å². The molecule has 2 nitrogen and oxygen atoms in total. The predicted molar refractivity (Wildman–Crippen MR) is 108 cm³/mol. The fourth-order valence-corrected chi connectivity index (χ4v) is 5.15. The maximum absolute atomic E-state index is 12.6. The van der Waals surface area contributed by atoms with Gasteiger partial charge in [-0.25, -0.2) is 0 Å². The highest BCUT2D eigenvalue weighted by atomic mass is 35.5. The van der Waals surface area contributed by atoms with E-state index in [1.54, 1.807) is 12.1 Å². The van der Waals surface area contributed by atoms with Gasteiger partial charge in [0.1, 0.15) is 0 Å². The first-order valence-corrected chi connectivity index (χ1v) is 9.82. The third kappa shape index (κ3) is 2.67. The lowest BCUT2D eigenvalue weighted by Crippen LogP contribution is -2.39. The fourth-order valence-electron chi connectivity index (χ4n) is 4.92. The average molecular weight is 374 g/mol. The Morgan fingerprint density at radius 2 is 1.41 bits per heavy atom. The number of carbonyl (C=O) groups excluding carboxylic acids is 1. The first-order valence-electron chi connectivity index (χ1n) is 9.44. The number of rotatable bonds is 3. The van der Waals surface area contributed by atoms with Crippen molar-refractivity contribution >= 4 is 17.5 Å². The quantitative estimate of drug-likeness (QED) is 0.657. The highest BCUT2D eigenvalue weighted by Crippen LogP contribution is 2.55. The van der Waals surface area contributed by atoms with E-state index >= 15 is 0 Å². The molecule has 1 atom stereocenters. The minimum absolute atomic E-state index is 0.0939. The van der Waals surface area contributed by atoms with Gasteiger partial charge in [-0.1, -0.05) is 72.3 Å². The molecule has 0 saturated heterocycles. The molecule has 3 aliphatic rings. The molecular formula is C24H20ClNO. The highest BCUT2D eigenvalue weighted by Gasteiger charge is 2.42. The Labute approximate surface area is 164 Å². The van der Waals surface area contributed by atoms with E-state index in [0.717, 1.165) is 6.42 Å². The van der Waals surface area contributed by atoms with Crippen molar-refractivity contribution in [1.29, 1.82) is 0 Å². The molecule has 1 unspecified atom stereocenters. The zero-order valence-corrected chi connectivity index (χ0v) is 15.6. The zero-order chi connectivity index (χ0) is 18.4. The highest BCUT2D eigenvalue weighted by molar-refractivity contribution is 6.33. The minimum atomic E-state index is -0.0939. The first kappa shape index (κ1) is 16.6. The molecule has 1 N–H and O–H groups in total. The molecule has 1 amide bonds. The molecule has 0 radical (unpaired) electrons. The van der Waals surface area contributed by atoms with Crippen LogP contribution in [0.3, 0.4) is 0 Å². The number of carbonyl (C=O) groups is 1. The molecule has 3 aliphatic carbocycles. The summed E-state index contributed by atoms with van der Waals surface area (Å²) >= 11 is 6.18. The van der Waals surface area contributed by atoms with Crippen molar-refractivity contribution in [2.45, 2.75) is 18.3 Å². The van der Waals surface area contributed by atoms with Crippen LogP contribution in [0.1, 0.15) is 50.9 Å². The summed E-state index contributed by atoms with van der Waals surface area (Å²) in [7, 11) is 0. The second-order valence-corrected chi connectivity index (χ2v) is 7.88. The van der Waals surface area contributed by atoms with Gasteiger partial charge in [-0.05, 0) is 46.7 Å². The van der Waals surface area contributed by atoms with Gasteiger partial charge < -0.3 is 5.32 Å². The van der Waals surface area contributed by atoms with Gasteiger partial charge >= 0.3 is 0 Å². The van der Waals surface area contributed by atoms with Gasteiger partial charge in [0.2, 0.25) is 0 Å². The molecule has 6 rings (SSSR count). The summed E-state index contributed by atoms with van der Waals surface area (Å²) in [5.41, 5.74) is 6.29. The van der Waals surface area contributed by atoms with E-state index in [-0.39, 0.29) is 5.91 Å². The van der Waals surface area contributed by atoms with E-state index in [1.165, 1.54) is 22.3 Å². The van der Waals surface area contributed by atoms with Gasteiger partial charge in [-0.3, -0.25) is 4.79 Å². The Morgan fingerprint density at radius 3 is 2.04 bits per heavy atom. The molecular weight excluding hydrogens is 354 g/mol. The zero-order valence-electron chi connectivity index (χ0n) is 14.9. The number of hydrogen-bond donors (Lipinski definition) is 1. The van der Waals surface area contributed by atoms with E-state index < -0.39 is 0 Å². The summed E-state index contributed by atoms with van der Waals surface area (Å²) in [6.45, 7) is 0.661. The molecule has 134 valence electrons. The number of amides is 1. The van der Waals surface area contributed by atoms with E-state index in [0.29, 0.717) is 34.9 Å². The second kappa shape index (κ2) is 6.54. The van der Waals surface area contributed by atoms with Crippen molar-refractivity contribution in [3.05, 3.63) is 106 Å². The average Bonchev–Trinajstić information content (AvgIpc) is 2.72. The summed E-state index contributed by atoms with van der Waals surface area (Å²) < 4.78 is 0. The predicted octanol–water partition coefficient (Wildman–Crippen LogP) is 5.37. The fraction of sp³-hybridized carbons (Fsp3) is 0.208. The van der Waals surface area contributed by atoms with Crippen LogP contribution in [0.5, 0.6) is 0 Å². The van der Waals surface area contributed by atoms with Crippen LogP contribution < -0.4 is 5.32 Å². The van der Waals surface area contributed by atoms with Crippen LogP contribution in [0.25, 0.3) is 0 Å². The molecule has 0 saturated carbocycles. The van der Waals surface area contributed by atoms with Crippen LogP contribution in [0, 0.1) is 5.92 Å². The van der Waals surface area contributed by atoms with Crippen LogP contribution in [-0.2, 0) is 0 Å². The maximum atomic E-state index is 12.6. The summed E-state index contributed by atoms with van der Waals surface area (Å²) in [5, 5.41) is 3.63. The normalized spacial score (nSPS) is 22.0. The molecule has 0 fully saturated rings. The lowest BCUT2D eigenvalue weighted by Gasteiger charge is -2.45. The largest absolute Gasteiger partial charge is 0.352 e. The second-order valence-electron chi connectivity index (χ2n) is 7.47. The lowest BCUT2D eigenvalue weighted by molar-refractivity contribution is 0.0943. The number of halogens is 1. The van der Waals surface area contributed by atoms with E-state index in [4.69, 9.17) is 11.6 Å². The van der Waals surface area contributed by atoms with Gasteiger partial charge in [0.25, 0.3) is 5.91 Å². The smallest absolute Gasteiger partial charge is 0.252 e. The third-order valence-corrected chi connectivity index (χ3v) is 6.40. The van der Waals surface area contributed by atoms with Crippen LogP contribution in [0.2, 0.25) is 5.02 Å². The Kier molecular flexibility index (Phi) is 4.02. The molecule has 27 heavy (non-hydrogen) atoms. The van der Waals surface area contributed by atoms with Crippen molar-refractivity contribution in [3.8, 4) is 0 Å². The molecule has 0 spiro atoms. The Balaban J connectivity index is 1.44. The topological polar surface area (TPSA) is 29.1 Å². The molecule has 0 aliphatic heterocycles. The Hall–Kier alpha value is -2.58. The monoisotopic (exact) mass is 373 g/mol. The summed E-state index contributed by atoms with van der Waals surface area (Å²) in [6.07, 6.45) is 1.07. The summed E-state index contributed by atoms with van der Waals surface area (Å²) in [6, 6.07) is 24.8. The third-order valence-electron chi connectivity index (χ3n) is 6.07. The van der Waals surface area contributed by atoms with Crippen molar-refractivity contribution < 1.29 is 4.79 Å². The standard InChI is InChI=1S/C24H20ClNO/c25-22-12-6-5-11-20(22)24(27)26-14-15-13-21-16-7-1-3-9-18(16)23(15)19-10-4-2-8-17(19)21/h1-12,15,21,23H,13-14H2,(H,26,27). The number of fused-ring (bicyclic) bond motifs is 1. The lowest BCUT2D eigenvalue weighted by atomic mass is 9.59. The van der Waals surface area contributed by atoms with Gasteiger partial charge in [0, 0.05) is 18.4 Å². The van der Waals surface area contributed by atoms with E-state index in [9.17, 15) is 4.79 Å². The molecule has 3 heteroatoms. The van der Waals surface area contributed by atoms with Gasteiger partial charge in [-0.15, -0.1) is 0 Å². The van der Waals surface area contributed by atoms with E-state index in [2.05, 4.69) is 53.8 Å². The number of nitrogens with one attached hydrogen (secondary N) is 1. The van der Waals surface area contributed by atoms with Crippen molar-refractivity contribution in [2.75, 3.05) is 6.54 Å². The molecule has 3 aromatic rings. The van der Waals surface area contributed by atoms with Gasteiger partial charge in [0.05, 0.1) is 10.6 Å². The Morgan fingerprint density at radius 1 is 0.852 bits per heavy atom. The van der Waals surface area contributed by atoms with E-state index in [1.807, 2.05) is 12.1 Å². The van der Waals surface area contributed by atoms with Crippen molar-refractivity contribution in [1.82, 2.24) is 5.32 Å². The molecule has 2 bridgehead atoms. The minimum Gasteiger partial charge on any atom is -0.352 e. The number of hydrogen-bond acceptors (Lipinski definition) is 1. The summed E-state index contributed by atoms with van der Waals surface area (Å²) in [5.74, 6) is 1.06. The number of benzene rings is 3. The summed E-state index contributed by atoms with van der Waals surface area (Å²) in [4.78, 5) is 12.6. The van der Waals surface area contributed by atoms with Crippen LogP contribution in [0.15, 0.2) is 72.8 Å². The first-order chi connectivity index (χ1) is 13.2. The SMILES string of the molecule is O=C(NCC1CC2c3ccccc3C1c1ccccc12)c1ccccc1Cl. The molecule has 0 aromatic heterocycles. The Bertz CT molecular complexity index is 981.